The summed E-state index contributed by atoms with van der Waals surface area (Å²) in [6.45, 7) is 6.80. The van der Waals surface area contributed by atoms with Crippen LogP contribution in [0, 0.1) is 17.8 Å². The van der Waals surface area contributed by atoms with Gasteiger partial charge in [0.05, 0.1) is 0 Å². The summed E-state index contributed by atoms with van der Waals surface area (Å²) in [6, 6.07) is 0. The SMILES string of the molecule is CCCC(C)CC1CC(CCC)CCC1=O. The maximum Gasteiger partial charge on any atom is 0.136 e. The number of hydrogen-bond acceptors (Lipinski definition) is 1. The Balaban J connectivity index is 2.40. The smallest absolute Gasteiger partial charge is 0.136 e. The number of ketones is 1. The van der Waals surface area contributed by atoms with Crippen molar-refractivity contribution in [3.05, 3.63) is 0 Å². The topological polar surface area (TPSA) is 17.1 Å². The van der Waals surface area contributed by atoms with Crippen LogP contribution in [0.5, 0.6) is 0 Å². The molecule has 0 bridgehead atoms. The predicted molar refractivity (Wildman–Crippen MR) is 69.4 cm³/mol. The van der Waals surface area contributed by atoms with Crippen LogP contribution in [0.25, 0.3) is 0 Å². The molecular weight excluding hydrogens is 196 g/mol. The number of rotatable bonds is 6. The molecule has 1 nitrogen and oxygen atoms in total. The third-order valence-electron chi connectivity index (χ3n) is 4.04. The van der Waals surface area contributed by atoms with Crippen molar-refractivity contribution in [2.45, 2.75) is 72.1 Å². The molecule has 3 atom stereocenters. The van der Waals surface area contributed by atoms with Crippen LogP contribution < -0.4 is 0 Å². The zero-order valence-corrected chi connectivity index (χ0v) is 11.3. The van der Waals surface area contributed by atoms with Crippen molar-refractivity contribution in [3.63, 3.8) is 0 Å². The van der Waals surface area contributed by atoms with Gasteiger partial charge in [-0.05, 0) is 31.1 Å². The Hall–Kier alpha value is -0.330. The van der Waals surface area contributed by atoms with Gasteiger partial charge in [-0.15, -0.1) is 0 Å². The highest BCUT2D eigenvalue weighted by molar-refractivity contribution is 5.81. The van der Waals surface area contributed by atoms with E-state index >= 15 is 0 Å². The molecule has 1 aliphatic carbocycles. The van der Waals surface area contributed by atoms with Crippen LogP contribution in [0.2, 0.25) is 0 Å². The van der Waals surface area contributed by atoms with Gasteiger partial charge in [0.2, 0.25) is 0 Å². The van der Waals surface area contributed by atoms with Crippen molar-refractivity contribution >= 4 is 5.78 Å². The van der Waals surface area contributed by atoms with Gasteiger partial charge in [0, 0.05) is 12.3 Å². The Kier molecular flexibility index (Phi) is 6.08. The molecule has 16 heavy (non-hydrogen) atoms. The second-order valence-corrected chi connectivity index (χ2v) is 5.72. The van der Waals surface area contributed by atoms with Gasteiger partial charge in [0.1, 0.15) is 5.78 Å². The molecule has 1 rings (SSSR count). The van der Waals surface area contributed by atoms with Crippen molar-refractivity contribution < 1.29 is 4.79 Å². The Morgan fingerprint density at radius 3 is 2.69 bits per heavy atom. The summed E-state index contributed by atoms with van der Waals surface area (Å²) in [4.78, 5) is 11.9. The molecule has 1 fully saturated rings. The average molecular weight is 224 g/mol. The predicted octanol–water partition coefficient (Wildman–Crippen LogP) is 4.60. The van der Waals surface area contributed by atoms with Gasteiger partial charge in [-0.25, -0.2) is 0 Å². The lowest BCUT2D eigenvalue weighted by atomic mass is 9.75. The van der Waals surface area contributed by atoms with E-state index in [1.165, 1.54) is 32.1 Å². The van der Waals surface area contributed by atoms with Crippen LogP contribution >= 0.6 is 0 Å². The third kappa shape index (κ3) is 4.27. The second-order valence-electron chi connectivity index (χ2n) is 5.72. The number of carbonyl (C=O) groups is 1. The molecule has 0 radical (unpaired) electrons. The first-order valence-corrected chi connectivity index (χ1v) is 7.20. The highest BCUT2D eigenvalue weighted by atomic mass is 16.1. The van der Waals surface area contributed by atoms with Crippen molar-refractivity contribution in [1.82, 2.24) is 0 Å². The summed E-state index contributed by atoms with van der Waals surface area (Å²) in [5.74, 6) is 2.52. The average Bonchev–Trinajstić information content (AvgIpc) is 2.24. The fourth-order valence-corrected chi connectivity index (χ4v) is 3.20. The molecule has 3 unspecified atom stereocenters. The van der Waals surface area contributed by atoms with Gasteiger partial charge in [0.25, 0.3) is 0 Å². The van der Waals surface area contributed by atoms with Gasteiger partial charge < -0.3 is 0 Å². The van der Waals surface area contributed by atoms with Crippen LogP contribution in [0.1, 0.15) is 72.1 Å². The molecule has 0 spiro atoms. The monoisotopic (exact) mass is 224 g/mol. The largest absolute Gasteiger partial charge is 0.299 e. The molecule has 94 valence electrons. The van der Waals surface area contributed by atoms with Gasteiger partial charge in [-0.2, -0.15) is 0 Å². The standard InChI is InChI=1S/C15H28O/c1-4-6-12(3)10-14-11-13(7-5-2)8-9-15(14)16/h12-14H,4-11H2,1-3H3. The summed E-state index contributed by atoms with van der Waals surface area (Å²) in [5, 5.41) is 0. The normalized spacial score (nSPS) is 28.1. The first-order valence-electron chi connectivity index (χ1n) is 7.20. The van der Waals surface area contributed by atoms with Crippen LogP contribution in [0.15, 0.2) is 0 Å². The van der Waals surface area contributed by atoms with Crippen LogP contribution in [0.3, 0.4) is 0 Å². The fourth-order valence-electron chi connectivity index (χ4n) is 3.20. The number of hydrogen-bond donors (Lipinski definition) is 0. The van der Waals surface area contributed by atoms with Crippen molar-refractivity contribution in [2.75, 3.05) is 0 Å². The van der Waals surface area contributed by atoms with Crippen molar-refractivity contribution in [2.24, 2.45) is 17.8 Å². The zero-order valence-electron chi connectivity index (χ0n) is 11.3. The summed E-state index contributed by atoms with van der Waals surface area (Å²) in [5.41, 5.74) is 0. The Bertz CT molecular complexity index is 207. The van der Waals surface area contributed by atoms with E-state index < -0.39 is 0 Å². The van der Waals surface area contributed by atoms with E-state index in [1.807, 2.05) is 0 Å². The summed E-state index contributed by atoms with van der Waals surface area (Å²) >= 11 is 0. The molecule has 0 aliphatic heterocycles. The van der Waals surface area contributed by atoms with Gasteiger partial charge in [-0.3, -0.25) is 4.79 Å². The van der Waals surface area contributed by atoms with Gasteiger partial charge >= 0.3 is 0 Å². The van der Waals surface area contributed by atoms with E-state index in [9.17, 15) is 4.79 Å². The fraction of sp³-hybridized carbons (Fsp3) is 0.933. The summed E-state index contributed by atoms with van der Waals surface area (Å²) in [7, 11) is 0. The summed E-state index contributed by atoms with van der Waals surface area (Å²) in [6.07, 6.45) is 9.47. The molecule has 0 saturated heterocycles. The Morgan fingerprint density at radius 1 is 1.31 bits per heavy atom. The Labute approximate surface area is 101 Å². The molecule has 1 aliphatic rings. The first-order chi connectivity index (χ1) is 7.67. The molecule has 0 amide bonds. The van der Waals surface area contributed by atoms with Gasteiger partial charge in [0.15, 0.2) is 0 Å². The van der Waals surface area contributed by atoms with E-state index in [4.69, 9.17) is 0 Å². The summed E-state index contributed by atoms with van der Waals surface area (Å²) < 4.78 is 0. The quantitative estimate of drug-likeness (QED) is 0.644. The highest BCUT2D eigenvalue weighted by Crippen LogP contribution is 2.33. The van der Waals surface area contributed by atoms with Crippen LogP contribution in [0.4, 0.5) is 0 Å². The lowest BCUT2D eigenvalue weighted by Crippen LogP contribution is -2.26. The molecule has 0 aromatic rings. The molecule has 0 aromatic carbocycles. The molecule has 1 heteroatoms. The molecular formula is C15H28O. The van der Waals surface area contributed by atoms with Crippen LogP contribution in [-0.2, 0) is 4.79 Å². The molecule has 1 saturated carbocycles. The number of Topliss-reactive ketones (excluding diaryl/α,β-unsaturated/α-hetero) is 1. The molecule has 0 N–H and O–H groups in total. The zero-order chi connectivity index (χ0) is 12.0. The lowest BCUT2D eigenvalue weighted by Gasteiger charge is -2.29. The van der Waals surface area contributed by atoms with Crippen molar-refractivity contribution in [1.29, 1.82) is 0 Å². The first kappa shape index (κ1) is 13.7. The van der Waals surface area contributed by atoms with E-state index in [2.05, 4.69) is 20.8 Å². The molecule has 0 aromatic heterocycles. The van der Waals surface area contributed by atoms with E-state index in [0.717, 1.165) is 31.1 Å². The van der Waals surface area contributed by atoms with Gasteiger partial charge in [-0.1, -0.05) is 46.5 Å². The maximum absolute atomic E-state index is 11.9. The minimum atomic E-state index is 0.395. The van der Waals surface area contributed by atoms with E-state index in [-0.39, 0.29) is 0 Å². The van der Waals surface area contributed by atoms with Crippen LogP contribution in [-0.4, -0.2) is 5.78 Å². The minimum absolute atomic E-state index is 0.395. The Morgan fingerprint density at radius 2 is 2.06 bits per heavy atom. The third-order valence-corrected chi connectivity index (χ3v) is 4.04. The van der Waals surface area contributed by atoms with E-state index in [0.29, 0.717) is 11.7 Å². The second kappa shape index (κ2) is 7.09. The number of carbonyl (C=O) groups excluding carboxylic acids is 1. The minimum Gasteiger partial charge on any atom is -0.299 e. The van der Waals surface area contributed by atoms with Crippen molar-refractivity contribution in [3.8, 4) is 0 Å². The maximum atomic E-state index is 11.9. The van der Waals surface area contributed by atoms with E-state index in [1.54, 1.807) is 0 Å². The molecule has 0 heterocycles. The highest BCUT2D eigenvalue weighted by Gasteiger charge is 2.28. The lowest BCUT2D eigenvalue weighted by molar-refractivity contribution is -0.126.